The summed E-state index contributed by atoms with van der Waals surface area (Å²) in [5, 5.41) is 10.7. The van der Waals surface area contributed by atoms with Crippen molar-refractivity contribution in [3.63, 3.8) is 0 Å². The molecule has 0 saturated carbocycles. The van der Waals surface area contributed by atoms with Gasteiger partial charge >= 0.3 is 0 Å². The summed E-state index contributed by atoms with van der Waals surface area (Å²) in [5.74, 6) is 1.53. The zero-order chi connectivity index (χ0) is 16.2. The molecule has 5 heteroatoms. The molecular weight excluding hydrogens is 290 g/mol. The summed E-state index contributed by atoms with van der Waals surface area (Å²) in [6.07, 6.45) is 0.919. The Morgan fingerprint density at radius 2 is 1.61 bits per heavy atom. The first kappa shape index (κ1) is 15.3. The van der Waals surface area contributed by atoms with Crippen molar-refractivity contribution in [3.8, 4) is 11.5 Å². The Kier molecular flexibility index (Phi) is 4.46. The molecule has 0 fully saturated rings. The Labute approximate surface area is 136 Å². The normalized spacial score (nSPS) is 14.0. The maximum Gasteiger partial charge on any atom is 0.161 e. The number of rotatable bonds is 4. The molecule has 2 aromatic rings. The first-order chi connectivity index (χ1) is 11.2. The highest BCUT2D eigenvalue weighted by molar-refractivity contribution is 5.48. The SMILES string of the molecule is COc1cc2c(cc1OC)CN(N=Nc1ccc(C)cc1)CC2. The predicted molar refractivity (Wildman–Crippen MR) is 89.4 cm³/mol. The van der Waals surface area contributed by atoms with Gasteiger partial charge in [0.05, 0.1) is 26.5 Å². The van der Waals surface area contributed by atoms with E-state index in [1.807, 2.05) is 35.3 Å². The minimum atomic E-state index is 0.727. The molecule has 1 aliphatic heterocycles. The summed E-state index contributed by atoms with van der Waals surface area (Å²) in [5.41, 5.74) is 4.58. The van der Waals surface area contributed by atoms with Crippen LogP contribution in [-0.2, 0) is 13.0 Å². The van der Waals surface area contributed by atoms with Crippen molar-refractivity contribution in [2.75, 3.05) is 20.8 Å². The molecule has 0 atom stereocenters. The average Bonchev–Trinajstić information content (AvgIpc) is 2.59. The number of fused-ring (bicyclic) bond motifs is 1. The third-order valence-electron chi connectivity index (χ3n) is 4.02. The standard InChI is InChI=1S/C18H21N3O2/c1-13-4-6-16(7-5-13)19-20-21-9-8-14-10-17(22-2)18(23-3)11-15(14)12-21/h4-7,10-11H,8-9,12H2,1-3H3. The number of benzene rings is 2. The van der Waals surface area contributed by atoms with Crippen LogP contribution in [0.5, 0.6) is 11.5 Å². The predicted octanol–water partition coefficient (Wildman–Crippen LogP) is 4.07. The van der Waals surface area contributed by atoms with Crippen LogP contribution in [0.15, 0.2) is 46.7 Å². The van der Waals surface area contributed by atoms with Gasteiger partial charge in [0.15, 0.2) is 11.5 Å². The number of hydrogen-bond acceptors (Lipinski definition) is 4. The number of hydrogen-bond donors (Lipinski definition) is 0. The van der Waals surface area contributed by atoms with E-state index in [0.29, 0.717) is 0 Å². The van der Waals surface area contributed by atoms with Gasteiger partial charge in [0, 0.05) is 6.54 Å². The lowest BCUT2D eigenvalue weighted by molar-refractivity contribution is 0.248. The molecule has 0 amide bonds. The van der Waals surface area contributed by atoms with Gasteiger partial charge in [0.1, 0.15) is 0 Å². The lowest BCUT2D eigenvalue weighted by atomic mass is 10.00. The summed E-state index contributed by atoms with van der Waals surface area (Å²) in [4.78, 5) is 0. The summed E-state index contributed by atoms with van der Waals surface area (Å²) >= 11 is 0. The number of methoxy groups -OCH3 is 2. The zero-order valence-electron chi connectivity index (χ0n) is 13.7. The van der Waals surface area contributed by atoms with Gasteiger partial charge in [-0.2, -0.15) is 0 Å². The summed E-state index contributed by atoms with van der Waals surface area (Å²) in [6.45, 7) is 3.63. The Bertz CT molecular complexity index is 711. The molecule has 1 aliphatic rings. The van der Waals surface area contributed by atoms with Crippen molar-refractivity contribution in [1.82, 2.24) is 5.01 Å². The molecule has 3 rings (SSSR count). The van der Waals surface area contributed by atoms with Crippen LogP contribution in [0.1, 0.15) is 16.7 Å². The lowest BCUT2D eigenvalue weighted by Gasteiger charge is -2.26. The molecule has 0 saturated heterocycles. The lowest BCUT2D eigenvalue weighted by Crippen LogP contribution is -2.25. The Hall–Kier alpha value is -2.56. The third-order valence-corrected chi connectivity index (χ3v) is 4.02. The molecular formula is C18H21N3O2. The van der Waals surface area contributed by atoms with E-state index in [2.05, 4.69) is 23.3 Å². The van der Waals surface area contributed by atoms with E-state index in [1.54, 1.807) is 14.2 Å². The maximum absolute atomic E-state index is 5.38. The van der Waals surface area contributed by atoms with Crippen LogP contribution < -0.4 is 9.47 Å². The van der Waals surface area contributed by atoms with Crippen molar-refractivity contribution in [1.29, 1.82) is 0 Å². The van der Waals surface area contributed by atoms with Crippen LogP contribution in [0.2, 0.25) is 0 Å². The van der Waals surface area contributed by atoms with E-state index in [1.165, 1.54) is 16.7 Å². The molecule has 0 unspecified atom stereocenters. The van der Waals surface area contributed by atoms with Crippen LogP contribution in [0.3, 0.4) is 0 Å². The Morgan fingerprint density at radius 3 is 2.26 bits per heavy atom. The molecule has 1 heterocycles. The van der Waals surface area contributed by atoms with E-state index in [0.717, 1.165) is 36.7 Å². The van der Waals surface area contributed by atoms with Gasteiger partial charge in [-0.25, -0.2) is 0 Å². The molecule has 23 heavy (non-hydrogen) atoms. The average molecular weight is 311 g/mol. The molecule has 0 radical (unpaired) electrons. The van der Waals surface area contributed by atoms with E-state index in [9.17, 15) is 0 Å². The van der Waals surface area contributed by atoms with Crippen LogP contribution in [0.25, 0.3) is 0 Å². The second-order valence-electron chi connectivity index (χ2n) is 5.64. The van der Waals surface area contributed by atoms with Crippen molar-refractivity contribution >= 4 is 5.69 Å². The second-order valence-corrected chi connectivity index (χ2v) is 5.64. The van der Waals surface area contributed by atoms with Crippen LogP contribution >= 0.6 is 0 Å². The van der Waals surface area contributed by atoms with Crippen LogP contribution in [-0.4, -0.2) is 25.8 Å². The van der Waals surface area contributed by atoms with E-state index in [4.69, 9.17) is 9.47 Å². The summed E-state index contributed by atoms with van der Waals surface area (Å²) in [6, 6.07) is 12.1. The van der Waals surface area contributed by atoms with Gasteiger partial charge in [0.25, 0.3) is 0 Å². The Balaban J connectivity index is 1.75. The molecule has 0 aromatic heterocycles. The molecule has 0 bridgehead atoms. The van der Waals surface area contributed by atoms with Gasteiger partial charge in [-0.1, -0.05) is 22.9 Å². The van der Waals surface area contributed by atoms with Crippen molar-refractivity contribution < 1.29 is 9.47 Å². The highest BCUT2D eigenvalue weighted by Crippen LogP contribution is 2.33. The maximum atomic E-state index is 5.38. The zero-order valence-corrected chi connectivity index (χ0v) is 13.7. The smallest absolute Gasteiger partial charge is 0.161 e. The molecule has 0 aliphatic carbocycles. The highest BCUT2D eigenvalue weighted by atomic mass is 16.5. The van der Waals surface area contributed by atoms with Crippen LogP contribution in [0.4, 0.5) is 5.69 Å². The number of aryl methyl sites for hydroxylation is 1. The third kappa shape index (κ3) is 3.44. The van der Waals surface area contributed by atoms with Gasteiger partial charge < -0.3 is 9.47 Å². The largest absolute Gasteiger partial charge is 0.493 e. The van der Waals surface area contributed by atoms with Gasteiger partial charge in [-0.05, 0) is 48.7 Å². The summed E-state index contributed by atoms with van der Waals surface area (Å²) in [7, 11) is 3.32. The quantitative estimate of drug-likeness (QED) is 0.800. The van der Waals surface area contributed by atoms with Gasteiger partial charge in [0.2, 0.25) is 0 Å². The van der Waals surface area contributed by atoms with Gasteiger partial charge in [-0.3, -0.25) is 5.01 Å². The molecule has 0 spiro atoms. The van der Waals surface area contributed by atoms with Crippen LogP contribution in [0, 0.1) is 6.92 Å². The minimum absolute atomic E-state index is 0.727. The topological polar surface area (TPSA) is 46.4 Å². The monoisotopic (exact) mass is 311 g/mol. The first-order valence-corrected chi connectivity index (χ1v) is 7.66. The highest BCUT2D eigenvalue weighted by Gasteiger charge is 2.18. The van der Waals surface area contributed by atoms with E-state index >= 15 is 0 Å². The molecule has 5 nitrogen and oxygen atoms in total. The van der Waals surface area contributed by atoms with Crippen molar-refractivity contribution in [2.24, 2.45) is 10.3 Å². The number of ether oxygens (including phenoxy) is 2. The van der Waals surface area contributed by atoms with Gasteiger partial charge in [-0.15, -0.1) is 5.11 Å². The van der Waals surface area contributed by atoms with E-state index in [-0.39, 0.29) is 0 Å². The fourth-order valence-corrected chi connectivity index (χ4v) is 2.67. The minimum Gasteiger partial charge on any atom is -0.493 e. The molecule has 120 valence electrons. The fraction of sp³-hybridized carbons (Fsp3) is 0.333. The first-order valence-electron chi connectivity index (χ1n) is 7.66. The molecule has 2 aromatic carbocycles. The fourth-order valence-electron chi connectivity index (χ4n) is 2.67. The van der Waals surface area contributed by atoms with Crippen molar-refractivity contribution in [3.05, 3.63) is 53.1 Å². The van der Waals surface area contributed by atoms with Crippen molar-refractivity contribution in [2.45, 2.75) is 19.9 Å². The second kappa shape index (κ2) is 6.69. The Morgan fingerprint density at radius 1 is 0.957 bits per heavy atom. The number of nitrogens with zero attached hydrogens (tertiary/aromatic N) is 3. The van der Waals surface area contributed by atoms with E-state index < -0.39 is 0 Å². The summed E-state index contributed by atoms with van der Waals surface area (Å²) < 4.78 is 10.7. The molecule has 0 N–H and O–H groups in total.